The Labute approximate surface area is 122 Å². The lowest BCUT2D eigenvalue weighted by atomic mass is 10.4. The first kappa shape index (κ1) is 13.0. The number of aromatic nitrogens is 5. The average Bonchev–Trinajstić information content (AvgIpc) is 2.95. The van der Waals surface area contributed by atoms with Crippen molar-refractivity contribution in [2.75, 3.05) is 0 Å². The maximum absolute atomic E-state index is 13.6. The molecule has 3 aromatic rings. The summed E-state index contributed by atoms with van der Waals surface area (Å²) in [5.41, 5.74) is 0. The largest absolute Gasteiger partial charge is 0.274 e. The van der Waals surface area contributed by atoms with Gasteiger partial charge in [0.2, 0.25) is 11.2 Å². The second kappa shape index (κ2) is 5.56. The van der Waals surface area contributed by atoms with Crippen molar-refractivity contribution in [1.82, 2.24) is 24.5 Å². The lowest BCUT2D eigenvalue weighted by Gasteiger charge is -2.04. The van der Waals surface area contributed by atoms with E-state index in [4.69, 9.17) is 11.6 Å². The number of imidazole rings is 1. The van der Waals surface area contributed by atoms with Crippen molar-refractivity contribution in [1.29, 1.82) is 0 Å². The summed E-state index contributed by atoms with van der Waals surface area (Å²) in [6.45, 7) is 0. The molecular formula is C12H7ClFN5S. The van der Waals surface area contributed by atoms with Crippen molar-refractivity contribution in [3.63, 3.8) is 0 Å². The maximum atomic E-state index is 13.6. The van der Waals surface area contributed by atoms with E-state index in [9.17, 15) is 4.39 Å². The molecule has 100 valence electrons. The molecule has 0 unspecified atom stereocenters. The Bertz CT molecular complexity index is 734. The highest BCUT2D eigenvalue weighted by molar-refractivity contribution is 7.99. The Kier molecular flexibility index (Phi) is 3.62. The summed E-state index contributed by atoms with van der Waals surface area (Å²) >= 11 is 6.95. The molecule has 20 heavy (non-hydrogen) atoms. The van der Waals surface area contributed by atoms with E-state index >= 15 is 0 Å². The van der Waals surface area contributed by atoms with Gasteiger partial charge in [-0.05, 0) is 35.5 Å². The third-order valence-corrected chi connectivity index (χ3v) is 3.43. The highest BCUT2D eigenvalue weighted by atomic mass is 35.5. The minimum absolute atomic E-state index is 0.0440. The lowest BCUT2D eigenvalue weighted by Crippen LogP contribution is -2.02. The summed E-state index contributed by atoms with van der Waals surface area (Å²) in [7, 11) is 0. The first-order chi connectivity index (χ1) is 9.72. The van der Waals surface area contributed by atoms with Gasteiger partial charge in [0.15, 0.2) is 5.16 Å². The SMILES string of the molecule is Fc1ccccc1Sc1nc(Cl)nc(-n2ccnc2)n1. The second-order valence-corrected chi connectivity index (χ2v) is 5.04. The predicted molar refractivity (Wildman–Crippen MR) is 72.5 cm³/mol. The van der Waals surface area contributed by atoms with Crippen LogP contribution >= 0.6 is 23.4 Å². The average molecular weight is 308 g/mol. The summed E-state index contributed by atoms with van der Waals surface area (Å²) in [6, 6.07) is 6.39. The molecule has 0 spiro atoms. The van der Waals surface area contributed by atoms with Crippen LogP contribution < -0.4 is 0 Å². The van der Waals surface area contributed by atoms with E-state index in [0.29, 0.717) is 16.0 Å². The predicted octanol–water partition coefficient (Wildman–Crippen LogP) is 3.00. The molecule has 0 fully saturated rings. The highest BCUT2D eigenvalue weighted by Crippen LogP contribution is 2.27. The fourth-order valence-corrected chi connectivity index (χ4v) is 2.46. The number of benzene rings is 1. The van der Waals surface area contributed by atoms with Gasteiger partial charge in [0.05, 0.1) is 4.90 Å². The second-order valence-electron chi connectivity index (χ2n) is 3.69. The number of hydrogen-bond acceptors (Lipinski definition) is 5. The molecule has 0 saturated heterocycles. The van der Waals surface area contributed by atoms with E-state index in [1.54, 1.807) is 41.5 Å². The maximum Gasteiger partial charge on any atom is 0.240 e. The molecule has 0 saturated carbocycles. The summed E-state index contributed by atoms with van der Waals surface area (Å²) in [6.07, 6.45) is 4.83. The molecule has 0 radical (unpaired) electrons. The summed E-state index contributed by atoms with van der Waals surface area (Å²) < 4.78 is 15.2. The van der Waals surface area contributed by atoms with Gasteiger partial charge in [0, 0.05) is 12.4 Å². The minimum Gasteiger partial charge on any atom is -0.274 e. The molecule has 5 nitrogen and oxygen atoms in total. The van der Waals surface area contributed by atoms with Crippen molar-refractivity contribution < 1.29 is 4.39 Å². The molecule has 0 aliphatic heterocycles. The van der Waals surface area contributed by atoms with Gasteiger partial charge >= 0.3 is 0 Å². The Morgan fingerprint density at radius 1 is 1.15 bits per heavy atom. The quantitative estimate of drug-likeness (QED) is 0.744. The monoisotopic (exact) mass is 307 g/mol. The van der Waals surface area contributed by atoms with Gasteiger partial charge in [-0.3, -0.25) is 4.57 Å². The normalized spacial score (nSPS) is 10.7. The Morgan fingerprint density at radius 2 is 2.00 bits per heavy atom. The Morgan fingerprint density at radius 3 is 2.75 bits per heavy atom. The molecule has 0 amide bonds. The summed E-state index contributed by atoms with van der Waals surface area (Å²) in [5.74, 6) is -0.000412. The van der Waals surface area contributed by atoms with Gasteiger partial charge in [-0.15, -0.1) is 0 Å². The van der Waals surface area contributed by atoms with Gasteiger partial charge in [-0.2, -0.15) is 15.0 Å². The molecule has 0 aliphatic carbocycles. The molecule has 2 heterocycles. The smallest absolute Gasteiger partial charge is 0.240 e. The van der Waals surface area contributed by atoms with Gasteiger partial charge in [0.25, 0.3) is 0 Å². The van der Waals surface area contributed by atoms with Crippen LogP contribution in [-0.4, -0.2) is 24.5 Å². The van der Waals surface area contributed by atoms with Crippen LogP contribution in [0.1, 0.15) is 0 Å². The van der Waals surface area contributed by atoms with E-state index in [2.05, 4.69) is 19.9 Å². The third-order valence-electron chi connectivity index (χ3n) is 2.35. The van der Waals surface area contributed by atoms with Gasteiger partial charge < -0.3 is 0 Å². The molecule has 0 bridgehead atoms. The van der Waals surface area contributed by atoms with E-state index in [0.717, 1.165) is 11.8 Å². The van der Waals surface area contributed by atoms with Gasteiger partial charge in [-0.1, -0.05) is 12.1 Å². The van der Waals surface area contributed by atoms with Gasteiger partial charge in [0.1, 0.15) is 12.1 Å². The van der Waals surface area contributed by atoms with E-state index in [1.807, 2.05) is 0 Å². The van der Waals surface area contributed by atoms with Crippen molar-refractivity contribution in [3.05, 3.63) is 54.1 Å². The molecule has 0 aliphatic rings. The molecule has 0 N–H and O–H groups in total. The summed E-state index contributed by atoms with van der Waals surface area (Å²) in [5, 5.41) is 0.362. The van der Waals surface area contributed by atoms with Crippen LogP contribution in [0, 0.1) is 5.82 Å². The van der Waals surface area contributed by atoms with Crippen LogP contribution in [0.15, 0.2) is 53.0 Å². The number of hydrogen-bond donors (Lipinski definition) is 0. The molecule has 2 aromatic heterocycles. The Hall–Kier alpha value is -1.99. The number of nitrogens with zero attached hydrogens (tertiary/aromatic N) is 5. The lowest BCUT2D eigenvalue weighted by molar-refractivity contribution is 0.601. The standard InChI is InChI=1S/C12H7ClFN5S/c13-10-16-11(19-6-5-15-7-19)18-12(17-10)20-9-4-2-1-3-8(9)14/h1-7H. The number of halogens is 2. The highest BCUT2D eigenvalue weighted by Gasteiger charge is 2.10. The fourth-order valence-electron chi connectivity index (χ4n) is 1.49. The van der Waals surface area contributed by atoms with E-state index in [-0.39, 0.29) is 11.1 Å². The third kappa shape index (κ3) is 2.78. The summed E-state index contributed by atoms with van der Waals surface area (Å²) in [4.78, 5) is 16.5. The molecule has 3 rings (SSSR count). The van der Waals surface area contributed by atoms with Crippen molar-refractivity contribution in [2.24, 2.45) is 0 Å². The molecule has 0 atom stereocenters. The minimum atomic E-state index is -0.335. The van der Waals surface area contributed by atoms with Crippen molar-refractivity contribution in [3.8, 4) is 5.95 Å². The van der Waals surface area contributed by atoms with Crippen molar-refractivity contribution in [2.45, 2.75) is 10.1 Å². The van der Waals surface area contributed by atoms with E-state index < -0.39 is 0 Å². The van der Waals surface area contributed by atoms with Crippen LogP contribution in [0.25, 0.3) is 5.95 Å². The van der Waals surface area contributed by atoms with Crippen LogP contribution in [0.4, 0.5) is 4.39 Å². The van der Waals surface area contributed by atoms with Crippen LogP contribution in [-0.2, 0) is 0 Å². The zero-order chi connectivity index (χ0) is 13.9. The van der Waals surface area contributed by atoms with Crippen molar-refractivity contribution >= 4 is 23.4 Å². The Balaban J connectivity index is 1.97. The van der Waals surface area contributed by atoms with Gasteiger partial charge in [-0.25, -0.2) is 9.37 Å². The first-order valence-electron chi connectivity index (χ1n) is 5.54. The first-order valence-corrected chi connectivity index (χ1v) is 6.74. The molecular weight excluding hydrogens is 301 g/mol. The fraction of sp³-hybridized carbons (Fsp3) is 0. The molecule has 1 aromatic carbocycles. The van der Waals surface area contributed by atoms with Crippen LogP contribution in [0.2, 0.25) is 5.28 Å². The topological polar surface area (TPSA) is 56.5 Å². The van der Waals surface area contributed by atoms with Crippen LogP contribution in [0.3, 0.4) is 0 Å². The number of rotatable bonds is 3. The zero-order valence-corrected chi connectivity index (χ0v) is 11.5. The van der Waals surface area contributed by atoms with E-state index in [1.165, 1.54) is 6.07 Å². The van der Waals surface area contributed by atoms with Crippen LogP contribution in [0.5, 0.6) is 0 Å². The zero-order valence-electron chi connectivity index (χ0n) is 9.94. The molecule has 8 heteroatoms.